The van der Waals surface area contributed by atoms with Gasteiger partial charge in [-0.05, 0) is 78.7 Å². The molecule has 1 saturated heterocycles. The third-order valence-electron chi connectivity index (χ3n) is 5.13. The monoisotopic (exact) mass is 484 g/mol. The first kappa shape index (κ1) is 24.0. The Morgan fingerprint density at radius 2 is 1.57 bits per heavy atom. The molecule has 0 spiro atoms. The molecule has 1 aliphatic heterocycles. The van der Waals surface area contributed by atoms with Crippen molar-refractivity contribution in [3.8, 4) is 0 Å². The molecule has 8 heteroatoms. The summed E-state index contributed by atoms with van der Waals surface area (Å²) in [5, 5.41) is 11.0. The second-order valence-corrected chi connectivity index (χ2v) is 8.87. The van der Waals surface area contributed by atoms with Crippen molar-refractivity contribution < 1.29 is 14.3 Å². The van der Waals surface area contributed by atoms with Gasteiger partial charge in [0.15, 0.2) is 5.17 Å². The molecule has 0 bridgehead atoms. The maximum Gasteiger partial charge on any atom is 0.331 e. The number of carbonyl (C=O) groups excluding carboxylic acids is 2. The average molecular weight is 485 g/mol. The minimum atomic E-state index is -0.599. The molecule has 1 heterocycles. The number of methoxy groups -OCH3 is 1. The summed E-state index contributed by atoms with van der Waals surface area (Å²) in [6.07, 6.45) is 2.73. The van der Waals surface area contributed by atoms with Gasteiger partial charge in [0.2, 0.25) is 0 Å². The average Bonchev–Trinajstić information content (AvgIpc) is 3.19. The Balaban J connectivity index is 1.54. The van der Waals surface area contributed by atoms with E-state index in [1.165, 1.54) is 18.2 Å². The highest BCUT2D eigenvalue weighted by molar-refractivity contribution is 8.18. The Morgan fingerprint density at radius 3 is 2.14 bits per heavy atom. The molecule has 0 aromatic heterocycles. The summed E-state index contributed by atoms with van der Waals surface area (Å²) in [5.41, 5.74) is 6.39. The van der Waals surface area contributed by atoms with Gasteiger partial charge >= 0.3 is 5.97 Å². The quantitative estimate of drug-likeness (QED) is 0.220. The van der Waals surface area contributed by atoms with Crippen LogP contribution in [0.15, 0.2) is 94.0 Å². The van der Waals surface area contributed by atoms with Crippen molar-refractivity contribution in [2.24, 2.45) is 10.2 Å². The molecule has 4 rings (SSSR count). The number of amidine groups is 1. The van der Waals surface area contributed by atoms with Gasteiger partial charge in [-0.1, -0.05) is 36.4 Å². The standard InChI is InChI=1S/C27H24N4O3S/c1-18-6-4-8-22(14-18)31(23-9-5-7-19(2)15-23)21-12-10-20(11-13-21)17-28-30-27-29-26(33)24(35-27)16-25(32)34-3/h4-17H,1-3H3,(H,29,30,33)/b24-16+,28-17?. The third kappa shape index (κ3) is 6.04. The zero-order valence-electron chi connectivity index (χ0n) is 19.6. The van der Waals surface area contributed by atoms with E-state index >= 15 is 0 Å². The lowest BCUT2D eigenvalue weighted by molar-refractivity contribution is -0.135. The Kier molecular flexibility index (Phi) is 7.42. The Hall–Kier alpha value is -4.17. The first-order valence-corrected chi connectivity index (χ1v) is 11.7. The van der Waals surface area contributed by atoms with E-state index in [1.54, 1.807) is 6.21 Å². The van der Waals surface area contributed by atoms with E-state index in [1.807, 2.05) is 24.3 Å². The van der Waals surface area contributed by atoms with Crippen molar-refractivity contribution >= 4 is 52.1 Å². The minimum absolute atomic E-state index is 0.211. The molecule has 1 N–H and O–H groups in total. The number of rotatable bonds is 6. The maximum absolute atomic E-state index is 11.9. The van der Waals surface area contributed by atoms with Crippen LogP contribution in [0, 0.1) is 13.8 Å². The lowest BCUT2D eigenvalue weighted by Gasteiger charge is -2.26. The molecule has 0 radical (unpaired) electrons. The van der Waals surface area contributed by atoms with Crippen molar-refractivity contribution in [1.82, 2.24) is 5.32 Å². The van der Waals surface area contributed by atoms with Crippen LogP contribution >= 0.6 is 11.8 Å². The number of thioether (sulfide) groups is 1. The summed E-state index contributed by atoms with van der Waals surface area (Å²) in [4.78, 5) is 25.7. The fraction of sp³-hybridized carbons (Fsp3) is 0.111. The number of hydrogen-bond acceptors (Lipinski definition) is 7. The van der Waals surface area contributed by atoms with Crippen molar-refractivity contribution in [3.63, 3.8) is 0 Å². The molecule has 0 unspecified atom stereocenters. The Bertz CT molecular complexity index is 1300. The zero-order valence-corrected chi connectivity index (χ0v) is 20.4. The third-order valence-corrected chi connectivity index (χ3v) is 6.03. The molecule has 35 heavy (non-hydrogen) atoms. The smallest absolute Gasteiger partial charge is 0.331 e. The molecule has 176 valence electrons. The highest BCUT2D eigenvalue weighted by Crippen LogP contribution is 2.35. The second-order valence-electron chi connectivity index (χ2n) is 7.84. The molecule has 3 aromatic rings. The second kappa shape index (κ2) is 10.8. The number of benzene rings is 3. The number of aryl methyl sites for hydroxylation is 2. The van der Waals surface area contributed by atoms with Crippen molar-refractivity contribution in [2.45, 2.75) is 13.8 Å². The molecule has 3 aromatic carbocycles. The van der Waals surface area contributed by atoms with Crippen LogP contribution in [-0.2, 0) is 14.3 Å². The minimum Gasteiger partial charge on any atom is -0.466 e. The predicted molar refractivity (Wildman–Crippen MR) is 141 cm³/mol. The lowest BCUT2D eigenvalue weighted by atomic mass is 10.1. The first-order chi connectivity index (χ1) is 16.9. The van der Waals surface area contributed by atoms with E-state index in [4.69, 9.17) is 0 Å². The molecule has 1 amide bonds. The van der Waals surface area contributed by atoms with Crippen molar-refractivity contribution in [3.05, 3.63) is 100 Å². The molecule has 0 atom stereocenters. The highest BCUT2D eigenvalue weighted by atomic mass is 32.2. The van der Waals surface area contributed by atoms with Gasteiger partial charge in [0.1, 0.15) is 0 Å². The SMILES string of the molecule is COC(=O)/C=C1/S/C(=N\N=Cc2ccc(N(c3cccc(C)c3)c3cccc(C)c3)cc2)NC1=O. The maximum atomic E-state index is 11.9. The van der Waals surface area contributed by atoms with E-state index in [2.05, 4.69) is 87.5 Å². The van der Waals surface area contributed by atoms with Gasteiger partial charge in [-0.15, -0.1) is 5.10 Å². The molecule has 1 fully saturated rings. The summed E-state index contributed by atoms with van der Waals surface area (Å²) < 4.78 is 4.55. The molecule has 7 nitrogen and oxygen atoms in total. The topological polar surface area (TPSA) is 83.4 Å². The van der Waals surface area contributed by atoms with Crippen LogP contribution in [0.2, 0.25) is 0 Å². The summed E-state index contributed by atoms with van der Waals surface area (Å²) in [7, 11) is 1.25. The number of ether oxygens (including phenoxy) is 1. The normalized spacial score (nSPS) is 15.6. The van der Waals surface area contributed by atoms with Gasteiger partial charge < -0.3 is 9.64 Å². The summed E-state index contributed by atoms with van der Waals surface area (Å²) in [6.45, 7) is 4.16. The van der Waals surface area contributed by atoms with E-state index in [0.29, 0.717) is 5.17 Å². The molecular weight excluding hydrogens is 460 g/mol. The number of hydrogen-bond donors (Lipinski definition) is 1. The first-order valence-electron chi connectivity index (χ1n) is 10.9. The van der Waals surface area contributed by atoms with Gasteiger partial charge in [0, 0.05) is 23.1 Å². The van der Waals surface area contributed by atoms with Crippen molar-refractivity contribution in [1.29, 1.82) is 0 Å². The predicted octanol–water partition coefficient (Wildman–Crippen LogP) is 5.38. The highest BCUT2D eigenvalue weighted by Gasteiger charge is 2.25. The summed E-state index contributed by atoms with van der Waals surface area (Å²) in [5.74, 6) is -1.01. The molecule has 1 aliphatic rings. The number of nitrogens with zero attached hydrogens (tertiary/aromatic N) is 3. The van der Waals surface area contributed by atoms with Crippen LogP contribution in [0.5, 0.6) is 0 Å². The fourth-order valence-corrected chi connectivity index (χ4v) is 4.22. The number of anilines is 3. The van der Waals surface area contributed by atoms with Gasteiger partial charge in [0.05, 0.1) is 18.2 Å². The van der Waals surface area contributed by atoms with Crippen molar-refractivity contribution in [2.75, 3.05) is 12.0 Å². The van der Waals surface area contributed by atoms with E-state index in [-0.39, 0.29) is 4.91 Å². The number of amides is 1. The number of esters is 1. The number of carbonyl (C=O) groups is 2. The zero-order chi connectivity index (χ0) is 24.8. The largest absolute Gasteiger partial charge is 0.466 e. The van der Waals surface area contributed by atoms with Crippen LogP contribution in [-0.4, -0.2) is 30.4 Å². The number of nitrogens with one attached hydrogen (secondary N) is 1. The Morgan fingerprint density at radius 1 is 0.943 bits per heavy atom. The van der Waals surface area contributed by atoms with E-state index in [0.717, 1.165) is 40.5 Å². The fourth-order valence-electron chi connectivity index (χ4n) is 3.48. The van der Waals surface area contributed by atoms with E-state index < -0.39 is 11.9 Å². The summed E-state index contributed by atoms with van der Waals surface area (Å²) >= 11 is 1.03. The van der Waals surface area contributed by atoms with Crippen LogP contribution < -0.4 is 10.2 Å². The Labute approximate surface area is 208 Å². The lowest BCUT2D eigenvalue weighted by Crippen LogP contribution is -2.19. The molecule has 0 aliphatic carbocycles. The summed E-state index contributed by atoms with van der Waals surface area (Å²) in [6, 6.07) is 24.8. The van der Waals surface area contributed by atoms with E-state index in [9.17, 15) is 9.59 Å². The van der Waals surface area contributed by atoms with Gasteiger partial charge in [-0.3, -0.25) is 10.1 Å². The molecular formula is C27H24N4O3S. The molecule has 0 saturated carbocycles. The van der Waals surface area contributed by atoms with Gasteiger partial charge in [-0.2, -0.15) is 5.10 Å². The van der Waals surface area contributed by atoms with Crippen LogP contribution in [0.3, 0.4) is 0 Å². The van der Waals surface area contributed by atoms with Crippen LogP contribution in [0.4, 0.5) is 17.1 Å². The van der Waals surface area contributed by atoms with Gasteiger partial charge in [-0.25, -0.2) is 4.79 Å². The van der Waals surface area contributed by atoms with Gasteiger partial charge in [0.25, 0.3) is 5.91 Å². The van der Waals surface area contributed by atoms with Crippen LogP contribution in [0.1, 0.15) is 16.7 Å². The van der Waals surface area contributed by atoms with Crippen LogP contribution in [0.25, 0.3) is 0 Å².